The van der Waals surface area contributed by atoms with E-state index in [1.807, 2.05) is 0 Å². The average Bonchev–Trinajstić information content (AvgIpc) is 2.38. The number of carbonyl (C=O) groups is 2. The fourth-order valence-corrected chi connectivity index (χ4v) is 1.49. The molecular weight excluding hydrogens is 262 g/mol. The minimum atomic E-state index is -0.151. The zero-order valence-electron chi connectivity index (χ0n) is 11.1. The van der Waals surface area contributed by atoms with Crippen LogP contribution in [0.3, 0.4) is 0 Å². The van der Waals surface area contributed by atoms with Crippen molar-refractivity contribution in [3.63, 3.8) is 0 Å². The molecule has 0 fully saturated rings. The SMILES string of the molecule is CNC(=O)c1ccc(NC(=S)NC(=O)C(C)C)cc1. The van der Waals surface area contributed by atoms with Gasteiger partial charge in [-0.2, -0.15) is 0 Å². The maximum absolute atomic E-state index is 11.4. The van der Waals surface area contributed by atoms with Gasteiger partial charge in [0.05, 0.1) is 0 Å². The van der Waals surface area contributed by atoms with Crippen LogP contribution in [0.4, 0.5) is 5.69 Å². The molecule has 0 aliphatic carbocycles. The van der Waals surface area contributed by atoms with Gasteiger partial charge in [0.1, 0.15) is 0 Å². The Kier molecular flexibility index (Phi) is 5.44. The van der Waals surface area contributed by atoms with Gasteiger partial charge in [-0.25, -0.2) is 0 Å². The molecule has 0 bridgehead atoms. The van der Waals surface area contributed by atoms with E-state index in [1.54, 1.807) is 45.2 Å². The minimum absolute atomic E-state index is 0.129. The van der Waals surface area contributed by atoms with Crippen LogP contribution in [-0.4, -0.2) is 24.0 Å². The molecular formula is C13H17N3O2S. The summed E-state index contributed by atoms with van der Waals surface area (Å²) in [4.78, 5) is 22.8. The summed E-state index contributed by atoms with van der Waals surface area (Å²) in [7, 11) is 1.57. The number of carbonyl (C=O) groups excluding carboxylic acids is 2. The third kappa shape index (κ3) is 4.67. The van der Waals surface area contributed by atoms with Gasteiger partial charge in [-0.1, -0.05) is 13.8 Å². The molecule has 6 heteroatoms. The lowest BCUT2D eigenvalue weighted by Gasteiger charge is -2.11. The van der Waals surface area contributed by atoms with Crippen molar-refractivity contribution in [3.8, 4) is 0 Å². The molecule has 0 atom stereocenters. The van der Waals surface area contributed by atoms with Crippen molar-refractivity contribution in [1.29, 1.82) is 0 Å². The van der Waals surface area contributed by atoms with Gasteiger partial charge in [-0.05, 0) is 36.5 Å². The minimum Gasteiger partial charge on any atom is -0.355 e. The Labute approximate surface area is 117 Å². The molecule has 0 aromatic heterocycles. The van der Waals surface area contributed by atoms with Crippen LogP contribution in [0.25, 0.3) is 0 Å². The largest absolute Gasteiger partial charge is 0.355 e. The first-order valence-electron chi connectivity index (χ1n) is 5.88. The van der Waals surface area contributed by atoms with Crippen LogP contribution >= 0.6 is 12.2 Å². The highest BCUT2D eigenvalue weighted by Gasteiger charge is 2.09. The molecule has 0 saturated heterocycles. The second-order valence-electron chi connectivity index (χ2n) is 4.25. The van der Waals surface area contributed by atoms with Gasteiger partial charge in [-0.15, -0.1) is 0 Å². The molecule has 3 N–H and O–H groups in total. The van der Waals surface area contributed by atoms with Crippen LogP contribution in [0.1, 0.15) is 24.2 Å². The molecule has 1 rings (SSSR count). The number of anilines is 1. The molecule has 102 valence electrons. The second kappa shape index (κ2) is 6.84. The van der Waals surface area contributed by atoms with Crippen LogP contribution in [0.5, 0.6) is 0 Å². The first-order valence-corrected chi connectivity index (χ1v) is 6.29. The third-order valence-corrected chi connectivity index (χ3v) is 2.60. The van der Waals surface area contributed by atoms with Gasteiger partial charge in [-0.3, -0.25) is 9.59 Å². The Balaban J connectivity index is 2.61. The monoisotopic (exact) mass is 279 g/mol. The summed E-state index contributed by atoms with van der Waals surface area (Å²) in [6.07, 6.45) is 0. The van der Waals surface area contributed by atoms with E-state index in [2.05, 4.69) is 16.0 Å². The molecule has 0 heterocycles. The molecule has 0 aliphatic rings. The summed E-state index contributed by atoms with van der Waals surface area (Å²) in [5.74, 6) is -0.419. The lowest BCUT2D eigenvalue weighted by molar-refractivity contribution is -0.122. The Hall–Kier alpha value is -1.95. The lowest BCUT2D eigenvalue weighted by atomic mass is 10.2. The van der Waals surface area contributed by atoms with E-state index >= 15 is 0 Å². The Bertz CT molecular complexity index is 483. The van der Waals surface area contributed by atoms with Crippen LogP contribution in [0.15, 0.2) is 24.3 Å². The highest BCUT2D eigenvalue weighted by molar-refractivity contribution is 7.80. The van der Waals surface area contributed by atoms with Crippen LogP contribution < -0.4 is 16.0 Å². The number of hydrogen-bond acceptors (Lipinski definition) is 3. The van der Waals surface area contributed by atoms with Crippen LogP contribution in [0, 0.1) is 5.92 Å². The molecule has 2 amide bonds. The van der Waals surface area contributed by atoms with Crippen molar-refractivity contribution in [1.82, 2.24) is 10.6 Å². The van der Waals surface area contributed by atoms with Crippen molar-refractivity contribution in [2.75, 3.05) is 12.4 Å². The Morgan fingerprint density at radius 2 is 1.74 bits per heavy atom. The Morgan fingerprint density at radius 3 is 2.21 bits per heavy atom. The molecule has 0 saturated carbocycles. The highest BCUT2D eigenvalue weighted by Crippen LogP contribution is 2.09. The Morgan fingerprint density at radius 1 is 1.16 bits per heavy atom. The van der Waals surface area contributed by atoms with Gasteiger partial charge >= 0.3 is 0 Å². The van der Waals surface area contributed by atoms with Gasteiger partial charge < -0.3 is 16.0 Å². The van der Waals surface area contributed by atoms with E-state index in [0.717, 1.165) is 0 Å². The van der Waals surface area contributed by atoms with Gasteiger partial charge in [0.2, 0.25) is 5.91 Å². The number of nitrogens with one attached hydrogen (secondary N) is 3. The maximum atomic E-state index is 11.4. The lowest BCUT2D eigenvalue weighted by Crippen LogP contribution is -2.36. The molecule has 1 aromatic rings. The average molecular weight is 279 g/mol. The van der Waals surface area contributed by atoms with E-state index in [-0.39, 0.29) is 22.8 Å². The second-order valence-corrected chi connectivity index (χ2v) is 4.66. The van der Waals surface area contributed by atoms with Gasteiger partial charge in [0, 0.05) is 24.2 Å². The summed E-state index contributed by atoms with van der Waals surface area (Å²) >= 11 is 5.02. The normalized spacial score (nSPS) is 9.89. The van der Waals surface area contributed by atoms with Crippen molar-refractivity contribution < 1.29 is 9.59 Å². The molecule has 5 nitrogen and oxygen atoms in total. The number of rotatable bonds is 3. The fraction of sp³-hybridized carbons (Fsp3) is 0.308. The van der Waals surface area contributed by atoms with Crippen LogP contribution in [-0.2, 0) is 4.79 Å². The number of hydrogen-bond donors (Lipinski definition) is 3. The summed E-state index contributed by atoms with van der Waals surface area (Å²) in [6, 6.07) is 6.79. The van der Waals surface area contributed by atoms with E-state index < -0.39 is 0 Å². The molecule has 0 aliphatic heterocycles. The topological polar surface area (TPSA) is 70.2 Å². The van der Waals surface area contributed by atoms with E-state index in [4.69, 9.17) is 12.2 Å². The maximum Gasteiger partial charge on any atom is 0.251 e. The zero-order chi connectivity index (χ0) is 14.4. The summed E-state index contributed by atoms with van der Waals surface area (Å²) in [5, 5.41) is 8.24. The van der Waals surface area contributed by atoms with Crippen LogP contribution in [0.2, 0.25) is 0 Å². The molecule has 0 unspecified atom stereocenters. The van der Waals surface area contributed by atoms with Crippen molar-refractivity contribution >= 4 is 34.8 Å². The predicted octanol–water partition coefficient (Wildman–Crippen LogP) is 1.52. The third-order valence-electron chi connectivity index (χ3n) is 2.39. The predicted molar refractivity (Wildman–Crippen MR) is 79.0 cm³/mol. The smallest absolute Gasteiger partial charge is 0.251 e. The van der Waals surface area contributed by atoms with E-state index in [9.17, 15) is 9.59 Å². The van der Waals surface area contributed by atoms with Gasteiger partial charge in [0.25, 0.3) is 5.91 Å². The fourth-order valence-electron chi connectivity index (χ4n) is 1.27. The quantitative estimate of drug-likeness (QED) is 0.734. The summed E-state index contributed by atoms with van der Waals surface area (Å²) < 4.78 is 0. The number of thiocarbonyl (C=S) groups is 1. The molecule has 19 heavy (non-hydrogen) atoms. The number of benzene rings is 1. The summed E-state index contributed by atoms with van der Waals surface area (Å²) in [5.41, 5.74) is 1.27. The molecule has 1 aromatic carbocycles. The van der Waals surface area contributed by atoms with Crippen molar-refractivity contribution in [3.05, 3.63) is 29.8 Å². The number of amides is 2. The van der Waals surface area contributed by atoms with E-state index in [1.165, 1.54) is 0 Å². The molecule has 0 spiro atoms. The van der Waals surface area contributed by atoms with Gasteiger partial charge in [0.15, 0.2) is 5.11 Å². The van der Waals surface area contributed by atoms with Crippen molar-refractivity contribution in [2.45, 2.75) is 13.8 Å². The first kappa shape index (κ1) is 15.1. The highest BCUT2D eigenvalue weighted by atomic mass is 32.1. The summed E-state index contributed by atoms with van der Waals surface area (Å²) in [6.45, 7) is 3.58. The first-order chi connectivity index (χ1) is 8.93. The standard InChI is InChI=1S/C13H17N3O2S/c1-8(2)11(17)16-13(19)15-10-6-4-9(5-7-10)12(18)14-3/h4-8H,1-3H3,(H,14,18)(H2,15,16,17,19). The molecule has 0 radical (unpaired) electrons. The van der Waals surface area contributed by atoms with E-state index in [0.29, 0.717) is 11.3 Å². The van der Waals surface area contributed by atoms with Crippen molar-refractivity contribution in [2.24, 2.45) is 5.92 Å². The zero-order valence-corrected chi connectivity index (χ0v) is 11.9.